The minimum Gasteiger partial charge on any atom is -0.466 e. The van der Waals surface area contributed by atoms with Gasteiger partial charge in [0.1, 0.15) is 0 Å². The molecule has 0 saturated carbocycles. The van der Waals surface area contributed by atoms with Crippen LogP contribution in [0.4, 0.5) is 0 Å². The second kappa shape index (κ2) is 5.66. The molecule has 0 aliphatic carbocycles. The van der Waals surface area contributed by atoms with Crippen molar-refractivity contribution < 1.29 is 14.3 Å². The number of esters is 1. The minimum atomic E-state index is -0.241. The van der Waals surface area contributed by atoms with E-state index in [4.69, 9.17) is 4.74 Å². The number of Topliss-reactive ketones (excluding diaryl/α,β-unsaturated/α-hetero) is 1. The molecule has 15 heavy (non-hydrogen) atoms. The van der Waals surface area contributed by atoms with Gasteiger partial charge in [-0.3, -0.25) is 9.59 Å². The fourth-order valence-electron chi connectivity index (χ4n) is 1.15. The lowest BCUT2D eigenvalue weighted by molar-refractivity contribution is -0.142. The summed E-state index contributed by atoms with van der Waals surface area (Å²) in [6.07, 6.45) is 0.759. The SMILES string of the molecule is CCOC(=O)Cc1ccc(C(=O)CC)s1. The van der Waals surface area contributed by atoms with Gasteiger partial charge < -0.3 is 4.74 Å². The van der Waals surface area contributed by atoms with Crippen LogP contribution in [0.3, 0.4) is 0 Å². The molecule has 4 heteroatoms. The maximum Gasteiger partial charge on any atom is 0.311 e. The summed E-state index contributed by atoms with van der Waals surface area (Å²) in [5.41, 5.74) is 0. The zero-order valence-electron chi connectivity index (χ0n) is 8.91. The standard InChI is InChI=1S/C11H14O3S/c1-3-9(12)10-6-5-8(15-10)7-11(13)14-4-2/h5-6H,3-4,7H2,1-2H3. The number of hydrogen-bond acceptors (Lipinski definition) is 4. The quantitative estimate of drug-likeness (QED) is 0.572. The summed E-state index contributed by atoms with van der Waals surface area (Å²) in [4.78, 5) is 24.1. The molecule has 0 radical (unpaired) electrons. The first-order valence-corrected chi connectivity index (χ1v) is 5.76. The van der Waals surface area contributed by atoms with E-state index in [1.54, 1.807) is 13.0 Å². The van der Waals surface area contributed by atoms with E-state index in [1.807, 2.05) is 13.0 Å². The summed E-state index contributed by atoms with van der Waals surface area (Å²) >= 11 is 1.37. The highest BCUT2D eigenvalue weighted by Crippen LogP contribution is 2.18. The van der Waals surface area contributed by atoms with Crippen LogP contribution < -0.4 is 0 Å². The van der Waals surface area contributed by atoms with E-state index in [0.29, 0.717) is 13.0 Å². The smallest absolute Gasteiger partial charge is 0.311 e. The molecule has 0 atom stereocenters. The second-order valence-corrected chi connectivity index (χ2v) is 4.19. The fraction of sp³-hybridized carbons (Fsp3) is 0.455. The normalized spacial score (nSPS) is 10.0. The van der Waals surface area contributed by atoms with Gasteiger partial charge in [0.25, 0.3) is 0 Å². The molecule has 0 aliphatic rings. The molecule has 0 N–H and O–H groups in total. The molecule has 0 aliphatic heterocycles. The summed E-state index contributed by atoms with van der Waals surface area (Å²) in [6, 6.07) is 3.58. The van der Waals surface area contributed by atoms with Crippen LogP contribution in [0.25, 0.3) is 0 Å². The van der Waals surface area contributed by atoms with Gasteiger partial charge in [0.05, 0.1) is 17.9 Å². The molecule has 0 saturated heterocycles. The number of carbonyl (C=O) groups is 2. The first-order chi connectivity index (χ1) is 7.17. The van der Waals surface area contributed by atoms with Gasteiger partial charge >= 0.3 is 5.97 Å². The third-order valence-corrected chi connectivity index (χ3v) is 3.01. The minimum absolute atomic E-state index is 0.120. The first-order valence-electron chi connectivity index (χ1n) is 4.94. The van der Waals surface area contributed by atoms with Crippen LogP contribution >= 0.6 is 11.3 Å². The van der Waals surface area contributed by atoms with Gasteiger partial charge in [-0.15, -0.1) is 11.3 Å². The van der Waals surface area contributed by atoms with Gasteiger partial charge in [-0.1, -0.05) is 6.92 Å². The van der Waals surface area contributed by atoms with Gasteiger partial charge in [-0.05, 0) is 19.1 Å². The maximum absolute atomic E-state index is 11.3. The van der Waals surface area contributed by atoms with E-state index < -0.39 is 0 Å². The maximum atomic E-state index is 11.3. The Bertz CT molecular complexity index is 354. The molecule has 1 aromatic rings. The van der Waals surface area contributed by atoms with E-state index in [-0.39, 0.29) is 18.2 Å². The molecule has 0 bridgehead atoms. The second-order valence-electron chi connectivity index (χ2n) is 3.02. The van der Waals surface area contributed by atoms with Crippen LogP contribution in [0, 0.1) is 0 Å². The average molecular weight is 226 g/mol. The monoisotopic (exact) mass is 226 g/mol. The summed E-state index contributed by atoms with van der Waals surface area (Å²) in [5.74, 6) is -0.120. The Balaban J connectivity index is 2.60. The molecular weight excluding hydrogens is 212 g/mol. The number of carbonyl (C=O) groups excluding carboxylic acids is 2. The van der Waals surface area contributed by atoms with E-state index in [0.717, 1.165) is 9.75 Å². The van der Waals surface area contributed by atoms with Crippen LogP contribution in [0.1, 0.15) is 34.8 Å². The zero-order chi connectivity index (χ0) is 11.3. The number of rotatable bonds is 5. The summed E-state index contributed by atoms with van der Waals surface area (Å²) < 4.78 is 4.82. The van der Waals surface area contributed by atoms with Crippen molar-refractivity contribution in [2.75, 3.05) is 6.61 Å². The third kappa shape index (κ3) is 3.47. The Morgan fingerprint density at radius 3 is 2.67 bits per heavy atom. The van der Waals surface area contributed by atoms with E-state index >= 15 is 0 Å². The molecule has 0 fully saturated rings. The average Bonchev–Trinajstić information content (AvgIpc) is 2.65. The molecule has 0 aromatic carbocycles. The molecule has 0 unspecified atom stereocenters. The number of thiophene rings is 1. The molecule has 0 spiro atoms. The molecule has 82 valence electrons. The van der Waals surface area contributed by atoms with Crippen molar-refractivity contribution in [3.63, 3.8) is 0 Å². The van der Waals surface area contributed by atoms with Gasteiger partial charge in [0.2, 0.25) is 0 Å². The van der Waals surface area contributed by atoms with Crippen LogP contribution in [-0.4, -0.2) is 18.4 Å². The first kappa shape index (κ1) is 11.9. The molecule has 1 rings (SSSR count). The topological polar surface area (TPSA) is 43.4 Å². The van der Waals surface area contributed by atoms with Gasteiger partial charge in [0.15, 0.2) is 5.78 Å². The molecule has 0 amide bonds. The highest BCUT2D eigenvalue weighted by molar-refractivity contribution is 7.14. The van der Waals surface area contributed by atoms with Crippen LogP contribution in [0.2, 0.25) is 0 Å². The Hall–Kier alpha value is -1.16. The highest BCUT2D eigenvalue weighted by atomic mass is 32.1. The van der Waals surface area contributed by atoms with Gasteiger partial charge in [0, 0.05) is 11.3 Å². The van der Waals surface area contributed by atoms with Gasteiger partial charge in [-0.25, -0.2) is 0 Å². The number of ketones is 1. The molecular formula is C11H14O3S. The van der Waals surface area contributed by atoms with E-state index in [2.05, 4.69) is 0 Å². The Labute approximate surface area is 93.1 Å². The van der Waals surface area contributed by atoms with Crippen molar-refractivity contribution >= 4 is 23.1 Å². The van der Waals surface area contributed by atoms with Crippen LogP contribution in [-0.2, 0) is 16.0 Å². The lowest BCUT2D eigenvalue weighted by Crippen LogP contribution is -2.06. The van der Waals surface area contributed by atoms with Gasteiger partial charge in [-0.2, -0.15) is 0 Å². The van der Waals surface area contributed by atoms with Crippen molar-refractivity contribution in [2.45, 2.75) is 26.7 Å². The van der Waals surface area contributed by atoms with Crippen molar-refractivity contribution in [3.05, 3.63) is 21.9 Å². The summed E-state index contributed by atoms with van der Waals surface area (Å²) in [6.45, 7) is 4.00. The number of hydrogen-bond donors (Lipinski definition) is 0. The fourth-order valence-corrected chi connectivity index (χ4v) is 2.15. The van der Waals surface area contributed by atoms with Crippen LogP contribution in [0.5, 0.6) is 0 Å². The number of ether oxygens (including phenoxy) is 1. The zero-order valence-corrected chi connectivity index (χ0v) is 9.73. The highest BCUT2D eigenvalue weighted by Gasteiger charge is 2.10. The Kier molecular flexibility index (Phi) is 4.49. The molecule has 1 aromatic heterocycles. The third-order valence-electron chi connectivity index (χ3n) is 1.88. The molecule has 3 nitrogen and oxygen atoms in total. The largest absolute Gasteiger partial charge is 0.466 e. The lowest BCUT2D eigenvalue weighted by atomic mass is 10.2. The summed E-state index contributed by atoms with van der Waals surface area (Å²) in [7, 11) is 0. The van der Waals surface area contributed by atoms with Crippen molar-refractivity contribution in [1.29, 1.82) is 0 Å². The van der Waals surface area contributed by atoms with E-state index in [1.165, 1.54) is 11.3 Å². The Morgan fingerprint density at radius 2 is 2.07 bits per heavy atom. The van der Waals surface area contributed by atoms with E-state index in [9.17, 15) is 9.59 Å². The summed E-state index contributed by atoms with van der Waals surface area (Å²) in [5, 5.41) is 0. The van der Waals surface area contributed by atoms with Crippen molar-refractivity contribution in [2.24, 2.45) is 0 Å². The predicted octanol–water partition coefficient (Wildman–Crippen LogP) is 2.45. The lowest BCUT2D eigenvalue weighted by Gasteiger charge is -1.98. The Morgan fingerprint density at radius 1 is 1.33 bits per heavy atom. The van der Waals surface area contributed by atoms with Crippen molar-refractivity contribution in [3.8, 4) is 0 Å². The van der Waals surface area contributed by atoms with Crippen molar-refractivity contribution in [1.82, 2.24) is 0 Å². The molecule has 1 heterocycles. The van der Waals surface area contributed by atoms with Crippen LogP contribution in [0.15, 0.2) is 12.1 Å². The predicted molar refractivity (Wildman–Crippen MR) is 59.3 cm³/mol.